The van der Waals surface area contributed by atoms with E-state index in [1.807, 2.05) is 83.8 Å². The lowest BCUT2D eigenvalue weighted by Gasteiger charge is -2.26. The van der Waals surface area contributed by atoms with Crippen molar-refractivity contribution >= 4 is 49.4 Å². The first-order chi connectivity index (χ1) is 31.9. The lowest BCUT2D eigenvalue weighted by molar-refractivity contribution is 1.28. The van der Waals surface area contributed by atoms with E-state index in [1.165, 1.54) is 16.2 Å². The normalized spacial score (nSPS) is 12.2. The molecule has 1 nitrogen and oxygen atoms in total. The van der Waals surface area contributed by atoms with Gasteiger partial charge < -0.3 is 4.90 Å². The second-order valence-corrected chi connectivity index (χ2v) is 15.4. The van der Waals surface area contributed by atoms with Crippen molar-refractivity contribution in [1.29, 1.82) is 0 Å². The van der Waals surface area contributed by atoms with Crippen LogP contribution in [0.3, 0.4) is 0 Å². The maximum Gasteiger partial charge on any atom is 0.0645 e. The Balaban J connectivity index is 1.02. The molecule has 286 valence electrons. The Morgan fingerprint density at radius 2 is 0.689 bits per heavy atom. The average molecular weight is 780 g/mol. The van der Waals surface area contributed by atoms with Gasteiger partial charge >= 0.3 is 0 Å². The van der Waals surface area contributed by atoms with Crippen molar-refractivity contribution in [3.05, 3.63) is 249 Å². The third-order valence-corrected chi connectivity index (χ3v) is 11.7. The zero-order valence-electron chi connectivity index (χ0n) is 37.3. The highest BCUT2D eigenvalue weighted by molar-refractivity contribution is 6.04. The van der Waals surface area contributed by atoms with Gasteiger partial charge in [0.1, 0.15) is 0 Å². The van der Waals surface area contributed by atoms with Crippen molar-refractivity contribution in [3.8, 4) is 55.6 Å². The van der Waals surface area contributed by atoms with Gasteiger partial charge in [0.05, 0.1) is 5.48 Å². The van der Waals surface area contributed by atoms with Crippen molar-refractivity contribution < 1.29 is 5.48 Å². The first-order valence-electron chi connectivity index (χ1n) is 22.7. The van der Waals surface area contributed by atoms with E-state index in [9.17, 15) is 5.48 Å². The predicted molar refractivity (Wildman–Crippen MR) is 261 cm³/mol. The Hall–Kier alpha value is -8.00. The average Bonchev–Trinajstić information content (AvgIpc) is 3.37. The number of nitrogens with zero attached hydrogens (tertiary/aromatic N) is 1. The van der Waals surface area contributed by atoms with Crippen LogP contribution in [0, 0.1) is 0 Å². The number of hydrogen-bond donors (Lipinski definition) is 0. The van der Waals surface area contributed by atoms with E-state index >= 15 is 0 Å². The number of fused-ring (bicyclic) bond motifs is 3. The highest BCUT2D eigenvalue weighted by atomic mass is 15.1. The van der Waals surface area contributed by atoms with Crippen molar-refractivity contribution in [2.45, 2.75) is 0 Å². The van der Waals surface area contributed by atoms with E-state index in [0.29, 0.717) is 16.9 Å². The molecule has 0 heterocycles. The van der Waals surface area contributed by atoms with Crippen LogP contribution in [0.5, 0.6) is 0 Å². The molecule has 61 heavy (non-hydrogen) atoms. The van der Waals surface area contributed by atoms with E-state index in [-0.39, 0.29) is 35.4 Å². The quantitative estimate of drug-likeness (QED) is 0.148. The zero-order chi connectivity index (χ0) is 44.0. The molecule has 11 aromatic rings. The largest absolute Gasteiger partial charge is 0.311 e. The minimum atomic E-state index is -0.122. The minimum Gasteiger partial charge on any atom is -0.311 e. The van der Waals surface area contributed by atoms with Crippen molar-refractivity contribution in [2.75, 3.05) is 4.90 Å². The summed E-state index contributed by atoms with van der Waals surface area (Å²) in [5.74, 6) is 0. The maximum atomic E-state index is 9.60. The van der Waals surface area contributed by atoms with Gasteiger partial charge in [-0.05, 0) is 136 Å². The molecular formula is C60H41N. The molecule has 0 spiro atoms. The van der Waals surface area contributed by atoms with Gasteiger partial charge in [-0.25, -0.2) is 0 Å². The molecule has 0 unspecified atom stereocenters. The Bertz CT molecular complexity index is 3540. The first-order valence-corrected chi connectivity index (χ1v) is 20.7. The maximum absolute atomic E-state index is 9.60. The van der Waals surface area contributed by atoms with Crippen LogP contribution in [0.4, 0.5) is 17.1 Å². The monoisotopic (exact) mass is 779 g/mol. The number of rotatable bonds is 8. The lowest BCUT2D eigenvalue weighted by atomic mass is 9.90. The second-order valence-electron chi connectivity index (χ2n) is 15.4. The SMILES string of the molecule is [2H]c1c([2H])c(N(c2ccc(-c3ccc4ccccc4c3)cc2)c2ccc(-c3ccc4ccccc4c3-c3ccccc3)cc2)c([2H])c([2H])c1-c1ccc(-c2ccc3ccccc3c2)cc1. The van der Waals surface area contributed by atoms with Gasteiger partial charge in [0, 0.05) is 17.1 Å². The molecule has 11 rings (SSSR count). The van der Waals surface area contributed by atoms with Crippen LogP contribution in [0.25, 0.3) is 88.0 Å². The molecule has 0 fully saturated rings. The first kappa shape index (κ1) is 31.9. The van der Waals surface area contributed by atoms with Crippen LogP contribution >= 0.6 is 0 Å². The second kappa shape index (κ2) is 15.6. The standard InChI is InChI=1S/C60H41N/c1-2-13-50(14-3-1)60-58-17-9-8-12-48(58)32-39-59(60)49-30-37-57(38-31-49)61(56-35-28-47(29-36-56)54-25-23-43-11-5-7-16-52(43)41-54)55-33-26-45(27-34-55)44-18-20-46(21-19-44)53-24-22-42-10-4-6-15-51(42)40-53/h1-41H/i26D,27D,33D,34D. The number of anilines is 3. The molecule has 0 bridgehead atoms. The lowest BCUT2D eigenvalue weighted by Crippen LogP contribution is -2.09. The van der Waals surface area contributed by atoms with E-state index in [0.717, 1.165) is 60.7 Å². The van der Waals surface area contributed by atoms with Crippen molar-refractivity contribution in [3.63, 3.8) is 0 Å². The van der Waals surface area contributed by atoms with Crippen LogP contribution in [0.2, 0.25) is 0 Å². The molecule has 0 saturated heterocycles. The van der Waals surface area contributed by atoms with Crippen molar-refractivity contribution in [2.24, 2.45) is 0 Å². The van der Waals surface area contributed by atoms with E-state index in [1.54, 1.807) is 0 Å². The van der Waals surface area contributed by atoms with Crippen LogP contribution in [-0.4, -0.2) is 0 Å². The van der Waals surface area contributed by atoms with Gasteiger partial charge in [-0.15, -0.1) is 0 Å². The number of hydrogen-bond acceptors (Lipinski definition) is 1. The Kier molecular flexibility index (Phi) is 8.18. The molecule has 0 radical (unpaired) electrons. The van der Waals surface area contributed by atoms with Gasteiger partial charge in [0.2, 0.25) is 0 Å². The highest BCUT2D eigenvalue weighted by Crippen LogP contribution is 2.41. The molecule has 1 heteroatoms. The molecule has 11 aromatic carbocycles. The summed E-state index contributed by atoms with van der Waals surface area (Å²) in [6.45, 7) is 0. The topological polar surface area (TPSA) is 3.24 Å². The fourth-order valence-corrected chi connectivity index (χ4v) is 8.56. The Morgan fingerprint density at radius 1 is 0.262 bits per heavy atom. The summed E-state index contributed by atoms with van der Waals surface area (Å²) in [6, 6.07) is 76.3. The molecule has 0 aromatic heterocycles. The fourth-order valence-electron chi connectivity index (χ4n) is 8.56. The summed E-state index contributed by atoms with van der Waals surface area (Å²) < 4.78 is 38.1. The van der Waals surface area contributed by atoms with Gasteiger partial charge in [0.25, 0.3) is 0 Å². The van der Waals surface area contributed by atoms with Crippen LogP contribution in [-0.2, 0) is 0 Å². The van der Waals surface area contributed by atoms with E-state index in [2.05, 4.69) is 146 Å². The summed E-state index contributed by atoms with van der Waals surface area (Å²) in [5.41, 5.74) is 11.1. The molecular weight excluding hydrogens is 735 g/mol. The summed E-state index contributed by atoms with van der Waals surface area (Å²) in [7, 11) is 0. The Labute approximate surface area is 362 Å². The fraction of sp³-hybridized carbons (Fsp3) is 0. The van der Waals surface area contributed by atoms with Crippen LogP contribution in [0.1, 0.15) is 5.48 Å². The molecule has 0 atom stereocenters. The third kappa shape index (κ3) is 7.03. The van der Waals surface area contributed by atoms with E-state index < -0.39 is 0 Å². The van der Waals surface area contributed by atoms with Gasteiger partial charge in [0.15, 0.2) is 0 Å². The van der Waals surface area contributed by atoms with Gasteiger partial charge in [-0.3, -0.25) is 0 Å². The Morgan fingerprint density at radius 3 is 1.26 bits per heavy atom. The minimum absolute atomic E-state index is 0.0995. The van der Waals surface area contributed by atoms with Crippen LogP contribution in [0.15, 0.2) is 249 Å². The third-order valence-electron chi connectivity index (χ3n) is 11.7. The van der Waals surface area contributed by atoms with Crippen LogP contribution < -0.4 is 4.90 Å². The molecule has 0 saturated carbocycles. The predicted octanol–water partition coefficient (Wildman–Crippen LogP) is 17.0. The summed E-state index contributed by atoms with van der Waals surface area (Å²) in [4.78, 5) is 1.86. The van der Waals surface area contributed by atoms with Gasteiger partial charge in [-0.2, -0.15) is 0 Å². The summed E-state index contributed by atoms with van der Waals surface area (Å²) in [6.07, 6.45) is 0. The molecule has 0 aliphatic carbocycles. The smallest absolute Gasteiger partial charge is 0.0645 e. The molecule has 0 N–H and O–H groups in total. The molecule has 0 aliphatic rings. The molecule has 0 aliphatic heterocycles. The molecule has 0 amide bonds. The summed E-state index contributed by atoms with van der Waals surface area (Å²) in [5, 5.41) is 6.99. The van der Waals surface area contributed by atoms with Gasteiger partial charge in [-0.1, -0.05) is 200 Å². The zero-order valence-corrected chi connectivity index (χ0v) is 33.3. The summed E-state index contributed by atoms with van der Waals surface area (Å²) >= 11 is 0. The highest BCUT2D eigenvalue weighted by Gasteiger charge is 2.16. The van der Waals surface area contributed by atoms with E-state index in [4.69, 9.17) is 0 Å². The van der Waals surface area contributed by atoms with Crippen molar-refractivity contribution in [1.82, 2.24) is 0 Å². The number of benzene rings is 11.